The van der Waals surface area contributed by atoms with Crippen LogP contribution in [0.25, 0.3) is 0 Å². The minimum absolute atomic E-state index is 0.195. The Bertz CT molecular complexity index is 553. The SMILES string of the molecule is CC(F)(F)C(=O)OC1CCC2(CC1)OC1OC3CC(=O)OC3C1O2. The second-order valence-corrected chi connectivity index (χ2v) is 6.81. The summed E-state index contributed by atoms with van der Waals surface area (Å²) in [4.78, 5) is 22.6. The van der Waals surface area contributed by atoms with Crippen LogP contribution in [0.2, 0.25) is 0 Å². The molecule has 0 aromatic heterocycles. The highest BCUT2D eigenvalue weighted by molar-refractivity contribution is 5.77. The Balaban J connectivity index is 1.34. The van der Waals surface area contributed by atoms with Gasteiger partial charge in [-0.15, -0.1) is 0 Å². The summed E-state index contributed by atoms with van der Waals surface area (Å²) in [7, 11) is 0. The third-order valence-corrected chi connectivity index (χ3v) is 4.91. The van der Waals surface area contributed by atoms with Gasteiger partial charge in [-0.2, -0.15) is 8.78 Å². The topological polar surface area (TPSA) is 80.3 Å². The lowest BCUT2D eigenvalue weighted by Crippen LogP contribution is -2.42. The van der Waals surface area contributed by atoms with Gasteiger partial charge in [0.25, 0.3) is 0 Å². The molecule has 4 fully saturated rings. The summed E-state index contributed by atoms with van der Waals surface area (Å²) in [6, 6.07) is 0. The van der Waals surface area contributed by atoms with E-state index in [4.69, 9.17) is 23.7 Å². The van der Waals surface area contributed by atoms with Gasteiger partial charge >= 0.3 is 17.9 Å². The number of halogens is 2. The lowest BCUT2D eigenvalue weighted by Gasteiger charge is -2.36. The maximum Gasteiger partial charge on any atom is 0.376 e. The highest BCUT2D eigenvalue weighted by Gasteiger charge is 2.62. The van der Waals surface area contributed by atoms with Crippen molar-refractivity contribution in [1.29, 1.82) is 0 Å². The van der Waals surface area contributed by atoms with E-state index >= 15 is 0 Å². The van der Waals surface area contributed by atoms with Crippen molar-refractivity contribution in [3.8, 4) is 0 Å². The monoisotopic (exact) mass is 348 g/mol. The number of carbonyl (C=O) groups excluding carboxylic acids is 2. The summed E-state index contributed by atoms with van der Waals surface area (Å²) < 4.78 is 53.4. The second-order valence-electron chi connectivity index (χ2n) is 6.81. The van der Waals surface area contributed by atoms with Gasteiger partial charge in [-0.25, -0.2) is 4.79 Å². The molecule has 1 spiro atoms. The zero-order valence-electron chi connectivity index (χ0n) is 13.0. The average molecular weight is 348 g/mol. The van der Waals surface area contributed by atoms with Crippen LogP contribution in [0.15, 0.2) is 0 Å². The molecule has 0 radical (unpaired) electrons. The molecule has 24 heavy (non-hydrogen) atoms. The number of fused-ring (bicyclic) bond motifs is 3. The molecule has 0 bridgehead atoms. The standard InChI is InChI=1S/C15H18F2O7/c1-14(16,17)13(19)20-7-2-4-15(5-3-7)23-11-10-8(6-9(18)22-10)21-12(11)24-15/h7-8,10-12H,2-6H2,1H3. The van der Waals surface area contributed by atoms with Crippen molar-refractivity contribution in [3.63, 3.8) is 0 Å². The van der Waals surface area contributed by atoms with Gasteiger partial charge < -0.3 is 23.7 Å². The molecule has 1 saturated carbocycles. The molecular formula is C15H18F2O7. The lowest BCUT2D eigenvalue weighted by atomic mass is 9.91. The molecule has 1 aliphatic carbocycles. The van der Waals surface area contributed by atoms with Crippen LogP contribution in [0.4, 0.5) is 8.78 Å². The highest BCUT2D eigenvalue weighted by atomic mass is 19.3. The van der Waals surface area contributed by atoms with Crippen LogP contribution in [0, 0.1) is 0 Å². The highest BCUT2D eigenvalue weighted by Crippen LogP contribution is 2.48. The predicted molar refractivity (Wildman–Crippen MR) is 70.8 cm³/mol. The largest absolute Gasteiger partial charge is 0.458 e. The summed E-state index contributed by atoms with van der Waals surface area (Å²) >= 11 is 0. The Morgan fingerprint density at radius 1 is 1.25 bits per heavy atom. The number of hydrogen-bond acceptors (Lipinski definition) is 7. The van der Waals surface area contributed by atoms with Crippen LogP contribution in [-0.4, -0.2) is 54.4 Å². The van der Waals surface area contributed by atoms with Crippen LogP contribution >= 0.6 is 0 Å². The fraction of sp³-hybridized carbons (Fsp3) is 0.867. The molecule has 9 heteroatoms. The number of rotatable bonds is 2. The molecule has 4 aliphatic rings. The molecule has 3 saturated heterocycles. The summed E-state index contributed by atoms with van der Waals surface area (Å²) in [6.45, 7) is 0.515. The lowest BCUT2D eigenvalue weighted by molar-refractivity contribution is -0.250. The molecule has 3 heterocycles. The van der Waals surface area contributed by atoms with Gasteiger partial charge in [0.05, 0.1) is 6.42 Å². The van der Waals surface area contributed by atoms with Crippen LogP contribution in [-0.2, 0) is 33.3 Å². The summed E-state index contributed by atoms with van der Waals surface area (Å²) in [5.74, 6) is -6.23. The van der Waals surface area contributed by atoms with E-state index in [9.17, 15) is 18.4 Å². The first kappa shape index (κ1) is 16.2. The van der Waals surface area contributed by atoms with Crippen LogP contribution in [0.1, 0.15) is 39.0 Å². The minimum Gasteiger partial charge on any atom is -0.458 e. The number of alkyl halides is 2. The summed E-state index contributed by atoms with van der Waals surface area (Å²) in [6.07, 6.45) is -0.758. The first-order valence-electron chi connectivity index (χ1n) is 8.05. The normalized spacial score (nSPS) is 44.3. The van der Waals surface area contributed by atoms with Crippen LogP contribution in [0.5, 0.6) is 0 Å². The van der Waals surface area contributed by atoms with E-state index in [-0.39, 0.29) is 18.5 Å². The molecule has 134 valence electrons. The Labute approximate surface area is 136 Å². The number of carbonyl (C=O) groups is 2. The first-order valence-corrected chi connectivity index (χ1v) is 8.05. The minimum atomic E-state index is -3.50. The van der Waals surface area contributed by atoms with E-state index in [2.05, 4.69) is 0 Å². The van der Waals surface area contributed by atoms with E-state index in [0.717, 1.165) is 0 Å². The molecular weight excluding hydrogens is 330 g/mol. The van der Waals surface area contributed by atoms with E-state index in [0.29, 0.717) is 32.6 Å². The Morgan fingerprint density at radius 2 is 1.96 bits per heavy atom. The Hall–Kier alpha value is -1.32. The molecule has 0 amide bonds. The summed E-state index contributed by atoms with van der Waals surface area (Å²) in [5, 5.41) is 0. The maximum atomic E-state index is 12.9. The summed E-state index contributed by atoms with van der Waals surface area (Å²) in [5.41, 5.74) is 0. The van der Waals surface area contributed by atoms with Crippen molar-refractivity contribution < 1.29 is 42.1 Å². The van der Waals surface area contributed by atoms with Crippen molar-refractivity contribution in [2.75, 3.05) is 0 Å². The number of hydrogen-bond donors (Lipinski definition) is 0. The fourth-order valence-electron chi connectivity index (χ4n) is 3.71. The van der Waals surface area contributed by atoms with E-state index < -0.39 is 42.3 Å². The van der Waals surface area contributed by atoms with Gasteiger partial charge in [0.15, 0.2) is 24.3 Å². The zero-order chi connectivity index (χ0) is 17.1. The quantitative estimate of drug-likeness (QED) is 0.696. The van der Waals surface area contributed by atoms with Crippen LogP contribution < -0.4 is 0 Å². The van der Waals surface area contributed by atoms with Crippen LogP contribution in [0.3, 0.4) is 0 Å². The van der Waals surface area contributed by atoms with Crippen molar-refractivity contribution in [3.05, 3.63) is 0 Å². The molecule has 0 aromatic rings. The van der Waals surface area contributed by atoms with E-state index in [1.54, 1.807) is 0 Å². The predicted octanol–water partition coefficient (Wildman–Crippen LogP) is 1.28. The van der Waals surface area contributed by atoms with Gasteiger partial charge in [-0.05, 0) is 12.8 Å². The van der Waals surface area contributed by atoms with Gasteiger partial charge in [-0.1, -0.05) is 0 Å². The number of esters is 2. The zero-order valence-corrected chi connectivity index (χ0v) is 13.0. The third kappa shape index (κ3) is 2.68. The number of ether oxygens (including phenoxy) is 5. The molecule has 0 N–H and O–H groups in total. The Kier molecular flexibility index (Phi) is 3.59. The molecule has 7 nitrogen and oxygen atoms in total. The molecule has 4 unspecified atom stereocenters. The third-order valence-electron chi connectivity index (χ3n) is 4.91. The average Bonchev–Trinajstić information content (AvgIpc) is 3.09. The van der Waals surface area contributed by atoms with Crippen molar-refractivity contribution in [2.24, 2.45) is 0 Å². The van der Waals surface area contributed by atoms with Gasteiger partial charge in [0, 0.05) is 19.8 Å². The first-order chi connectivity index (χ1) is 11.3. The fourth-order valence-corrected chi connectivity index (χ4v) is 3.71. The van der Waals surface area contributed by atoms with Gasteiger partial charge in [0.1, 0.15) is 12.2 Å². The smallest absolute Gasteiger partial charge is 0.376 e. The van der Waals surface area contributed by atoms with Crippen molar-refractivity contribution in [2.45, 2.75) is 81.4 Å². The van der Waals surface area contributed by atoms with E-state index in [1.807, 2.05) is 0 Å². The molecule has 4 rings (SSSR count). The van der Waals surface area contributed by atoms with E-state index in [1.165, 1.54) is 0 Å². The second kappa shape index (κ2) is 5.34. The maximum absolute atomic E-state index is 12.9. The van der Waals surface area contributed by atoms with Gasteiger partial charge in [-0.3, -0.25) is 4.79 Å². The van der Waals surface area contributed by atoms with Crippen molar-refractivity contribution >= 4 is 11.9 Å². The molecule has 3 aliphatic heterocycles. The Morgan fingerprint density at radius 3 is 2.62 bits per heavy atom. The van der Waals surface area contributed by atoms with Gasteiger partial charge in [0.2, 0.25) is 0 Å². The van der Waals surface area contributed by atoms with Crippen molar-refractivity contribution in [1.82, 2.24) is 0 Å². The molecule has 4 atom stereocenters. The molecule has 0 aromatic carbocycles.